The number of esters is 1. The number of hydrogen-bond acceptors (Lipinski definition) is 6. The van der Waals surface area contributed by atoms with E-state index in [1.165, 1.54) is 22.2 Å². The van der Waals surface area contributed by atoms with Gasteiger partial charge in [-0.1, -0.05) is 26.0 Å². The zero-order valence-corrected chi connectivity index (χ0v) is 16.4. The van der Waals surface area contributed by atoms with Crippen molar-refractivity contribution in [2.75, 3.05) is 13.2 Å². The van der Waals surface area contributed by atoms with Gasteiger partial charge in [0, 0.05) is 10.9 Å². The molecule has 7 heteroatoms. The largest absolute Gasteiger partial charge is 0.494 e. The number of thiophene rings is 1. The van der Waals surface area contributed by atoms with Crippen LogP contribution in [0.3, 0.4) is 0 Å². The molecule has 0 spiro atoms. The maximum atomic E-state index is 12.9. The van der Waals surface area contributed by atoms with Crippen molar-refractivity contribution in [3.8, 4) is 16.9 Å². The lowest BCUT2D eigenvalue weighted by atomic mass is 10.1. The highest BCUT2D eigenvalue weighted by molar-refractivity contribution is 7.17. The Labute approximate surface area is 161 Å². The molecule has 0 amide bonds. The highest BCUT2D eigenvalue weighted by Crippen LogP contribution is 2.31. The molecule has 0 radical (unpaired) electrons. The van der Waals surface area contributed by atoms with Crippen LogP contribution in [-0.4, -0.2) is 28.7 Å². The van der Waals surface area contributed by atoms with Gasteiger partial charge in [-0.3, -0.25) is 14.2 Å². The molecule has 2 heterocycles. The summed E-state index contributed by atoms with van der Waals surface area (Å²) in [4.78, 5) is 29.9. The maximum absolute atomic E-state index is 12.9. The zero-order chi connectivity index (χ0) is 19.4. The van der Waals surface area contributed by atoms with Gasteiger partial charge in [0.1, 0.15) is 17.1 Å². The minimum absolute atomic E-state index is 0.146. The quantitative estimate of drug-likeness (QED) is 0.579. The Hall–Kier alpha value is -2.67. The van der Waals surface area contributed by atoms with Gasteiger partial charge in [-0.25, -0.2) is 4.98 Å². The zero-order valence-electron chi connectivity index (χ0n) is 15.6. The van der Waals surface area contributed by atoms with Crippen LogP contribution < -0.4 is 10.3 Å². The van der Waals surface area contributed by atoms with Crippen LogP contribution >= 0.6 is 11.3 Å². The molecule has 0 saturated heterocycles. The summed E-state index contributed by atoms with van der Waals surface area (Å²) in [5.74, 6) is 0.587. The van der Waals surface area contributed by atoms with Crippen LogP contribution in [0.15, 0.2) is 40.8 Å². The predicted octanol–water partition coefficient (Wildman–Crippen LogP) is 3.72. The van der Waals surface area contributed by atoms with Crippen LogP contribution in [0.2, 0.25) is 0 Å². The van der Waals surface area contributed by atoms with Crippen LogP contribution in [0.25, 0.3) is 21.3 Å². The molecule has 0 aliphatic carbocycles. The summed E-state index contributed by atoms with van der Waals surface area (Å²) in [6.45, 7) is 6.64. The summed E-state index contributed by atoms with van der Waals surface area (Å²) in [6, 6.07) is 7.58. The molecule has 3 aromatic rings. The highest BCUT2D eigenvalue weighted by Gasteiger charge is 2.15. The molecule has 0 N–H and O–H groups in total. The maximum Gasteiger partial charge on any atom is 0.326 e. The van der Waals surface area contributed by atoms with E-state index in [0.717, 1.165) is 16.9 Å². The predicted molar refractivity (Wildman–Crippen MR) is 106 cm³/mol. The Bertz CT molecular complexity index is 989. The van der Waals surface area contributed by atoms with E-state index in [2.05, 4.69) is 4.98 Å². The van der Waals surface area contributed by atoms with E-state index in [9.17, 15) is 9.59 Å². The number of nitrogens with zero attached hydrogens (tertiary/aromatic N) is 2. The molecular formula is C20H22N2O4S. The summed E-state index contributed by atoms with van der Waals surface area (Å²) in [6.07, 6.45) is 1.40. The molecule has 2 aromatic heterocycles. The SMILES string of the molecule is CCOc1ccc(-c2csc3ncn(CC(=O)OCC(C)C)c(=O)c23)cc1. The molecule has 0 aliphatic rings. The number of hydrogen-bond donors (Lipinski definition) is 0. The number of carbonyl (C=O) groups is 1. The first-order chi connectivity index (χ1) is 13.0. The number of aromatic nitrogens is 2. The van der Waals surface area contributed by atoms with Gasteiger partial charge in [0.2, 0.25) is 0 Å². The number of benzene rings is 1. The topological polar surface area (TPSA) is 70.4 Å². The van der Waals surface area contributed by atoms with Gasteiger partial charge in [-0.2, -0.15) is 0 Å². The van der Waals surface area contributed by atoms with Crippen LogP contribution in [0, 0.1) is 5.92 Å². The second-order valence-corrected chi connectivity index (χ2v) is 7.40. The van der Waals surface area contributed by atoms with E-state index in [0.29, 0.717) is 23.4 Å². The van der Waals surface area contributed by atoms with Crippen molar-refractivity contribution in [3.63, 3.8) is 0 Å². The molecule has 0 unspecified atom stereocenters. The van der Waals surface area contributed by atoms with Gasteiger partial charge in [0.05, 0.1) is 24.9 Å². The van der Waals surface area contributed by atoms with Crippen molar-refractivity contribution < 1.29 is 14.3 Å². The third kappa shape index (κ3) is 4.36. The van der Waals surface area contributed by atoms with Crippen molar-refractivity contribution in [2.45, 2.75) is 27.3 Å². The number of ether oxygens (including phenoxy) is 2. The molecule has 142 valence electrons. The minimum atomic E-state index is -0.440. The summed E-state index contributed by atoms with van der Waals surface area (Å²) >= 11 is 1.41. The molecule has 0 saturated carbocycles. The lowest BCUT2D eigenvalue weighted by Crippen LogP contribution is -2.26. The van der Waals surface area contributed by atoms with Crippen LogP contribution in [-0.2, 0) is 16.1 Å². The van der Waals surface area contributed by atoms with E-state index in [1.807, 2.05) is 50.4 Å². The normalized spacial score (nSPS) is 11.1. The fourth-order valence-corrected chi connectivity index (χ4v) is 3.54. The lowest BCUT2D eigenvalue weighted by molar-refractivity contribution is -0.145. The first kappa shape index (κ1) is 19.1. The molecule has 0 fully saturated rings. The first-order valence-corrected chi connectivity index (χ1v) is 9.73. The number of fused-ring (bicyclic) bond motifs is 1. The molecular weight excluding hydrogens is 364 g/mol. The van der Waals surface area contributed by atoms with Gasteiger partial charge in [-0.05, 0) is 30.5 Å². The molecule has 3 rings (SSSR count). The first-order valence-electron chi connectivity index (χ1n) is 8.85. The summed E-state index contributed by atoms with van der Waals surface area (Å²) < 4.78 is 11.9. The minimum Gasteiger partial charge on any atom is -0.494 e. The smallest absolute Gasteiger partial charge is 0.326 e. The summed E-state index contributed by atoms with van der Waals surface area (Å²) in [7, 11) is 0. The Balaban J connectivity index is 1.92. The van der Waals surface area contributed by atoms with Crippen molar-refractivity contribution in [1.82, 2.24) is 9.55 Å². The second kappa shape index (κ2) is 8.35. The van der Waals surface area contributed by atoms with Crippen molar-refractivity contribution >= 4 is 27.5 Å². The number of carbonyl (C=O) groups excluding carboxylic acids is 1. The van der Waals surface area contributed by atoms with Gasteiger partial charge in [-0.15, -0.1) is 11.3 Å². The van der Waals surface area contributed by atoms with E-state index in [4.69, 9.17) is 9.47 Å². The molecule has 6 nitrogen and oxygen atoms in total. The van der Waals surface area contributed by atoms with Crippen molar-refractivity contribution in [3.05, 3.63) is 46.3 Å². The van der Waals surface area contributed by atoms with Crippen LogP contribution in [0.5, 0.6) is 5.75 Å². The van der Waals surface area contributed by atoms with Crippen LogP contribution in [0.1, 0.15) is 20.8 Å². The average molecular weight is 386 g/mol. The van der Waals surface area contributed by atoms with E-state index >= 15 is 0 Å². The summed E-state index contributed by atoms with van der Waals surface area (Å²) in [5.41, 5.74) is 1.47. The van der Waals surface area contributed by atoms with Crippen molar-refractivity contribution in [1.29, 1.82) is 0 Å². The van der Waals surface area contributed by atoms with Crippen LogP contribution in [0.4, 0.5) is 0 Å². The third-order valence-corrected chi connectivity index (χ3v) is 4.80. The molecule has 0 atom stereocenters. The summed E-state index contributed by atoms with van der Waals surface area (Å²) in [5, 5.41) is 2.43. The Morgan fingerprint density at radius 3 is 2.67 bits per heavy atom. The highest BCUT2D eigenvalue weighted by atomic mass is 32.1. The standard InChI is InChI=1S/C20H22N2O4S/c1-4-25-15-7-5-14(6-8-15)16-11-27-19-18(16)20(24)22(12-21-19)9-17(23)26-10-13(2)3/h5-8,11-13H,4,9-10H2,1-3H3. The lowest BCUT2D eigenvalue weighted by Gasteiger charge is -2.09. The monoisotopic (exact) mass is 386 g/mol. The van der Waals surface area contributed by atoms with Gasteiger partial charge in [0.25, 0.3) is 5.56 Å². The Morgan fingerprint density at radius 1 is 1.26 bits per heavy atom. The van der Waals surface area contributed by atoms with Gasteiger partial charge >= 0.3 is 5.97 Å². The van der Waals surface area contributed by atoms with Gasteiger partial charge in [0.15, 0.2) is 0 Å². The molecule has 27 heavy (non-hydrogen) atoms. The Kier molecular flexibility index (Phi) is 5.91. The van der Waals surface area contributed by atoms with E-state index in [-0.39, 0.29) is 18.0 Å². The fourth-order valence-electron chi connectivity index (χ4n) is 2.63. The van der Waals surface area contributed by atoms with E-state index < -0.39 is 5.97 Å². The van der Waals surface area contributed by atoms with E-state index in [1.54, 1.807) is 0 Å². The molecule has 0 aliphatic heterocycles. The number of rotatable bonds is 7. The fraction of sp³-hybridized carbons (Fsp3) is 0.350. The van der Waals surface area contributed by atoms with Crippen molar-refractivity contribution in [2.24, 2.45) is 5.92 Å². The third-order valence-electron chi connectivity index (χ3n) is 3.91. The Morgan fingerprint density at radius 2 is 2.00 bits per heavy atom. The molecule has 1 aromatic carbocycles. The van der Waals surface area contributed by atoms with Gasteiger partial charge < -0.3 is 9.47 Å². The average Bonchev–Trinajstić information content (AvgIpc) is 3.08. The second-order valence-electron chi connectivity index (χ2n) is 6.54. The molecule has 0 bridgehead atoms.